The SMILES string of the molecule is C=C/C(=C/c1ccccc1)c1ccccc1C. The van der Waals surface area contributed by atoms with Crippen LogP contribution < -0.4 is 0 Å². The Morgan fingerprint density at radius 2 is 1.59 bits per heavy atom. The summed E-state index contributed by atoms with van der Waals surface area (Å²) in [5.41, 5.74) is 4.88. The molecule has 0 saturated heterocycles. The molecule has 0 N–H and O–H groups in total. The minimum Gasteiger partial charge on any atom is -0.0984 e. The Morgan fingerprint density at radius 1 is 0.941 bits per heavy atom. The van der Waals surface area contributed by atoms with E-state index < -0.39 is 0 Å². The number of benzene rings is 2. The summed E-state index contributed by atoms with van der Waals surface area (Å²) in [5, 5.41) is 0. The minimum absolute atomic E-state index is 1.16. The van der Waals surface area contributed by atoms with E-state index in [1.807, 2.05) is 24.3 Å². The Bertz CT molecular complexity index is 533. The molecule has 0 aliphatic heterocycles. The molecule has 0 bridgehead atoms. The van der Waals surface area contributed by atoms with Crippen molar-refractivity contribution in [1.29, 1.82) is 0 Å². The lowest BCUT2D eigenvalue weighted by Gasteiger charge is -2.06. The minimum atomic E-state index is 1.16. The molecule has 0 fully saturated rings. The molecule has 2 aromatic rings. The Morgan fingerprint density at radius 3 is 2.24 bits per heavy atom. The Hall–Kier alpha value is -2.08. The lowest BCUT2D eigenvalue weighted by molar-refractivity contribution is 1.43. The molecule has 0 aromatic heterocycles. The number of rotatable bonds is 3. The first-order chi connectivity index (χ1) is 8.31. The van der Waals surface area contributed by atoms with Crippen LogP contribution in [-0.2, 0) is 0 Å². The van der Waals surface area contributed by atoms with Gasteiger partial charge in [0.25, 0.3) is 0 Å². The molecule has 84 valence electrons. The van der Waals surface area contributed by atoms with Crippen LogP contribution in [0.5, 0.6) is 0 Å². The number of hydrogen-bond acceptors (Lipinski definition) is 0. The van der Waals surface area contributed by atoms with Crippen LogP contribution in [0.3, 0.4) is 0 Å². The van der Waals surface area contributed by atoms with Crippen LogP contribution in [0.1, 0.15) is 16.7 Å². The first-order valence-corrected chi connectivity index (χ1v) is 5.76. The van der Waals surface area contributed by atoms with Crippen molar-refractivity contribution in [2.45, 2.75) is 6.92 Å². The highest BCUT2D eigenvalue weighted by Gasteiger charge is 2.00. The Balaban J connectivity index is 2.45. The number of aryl methyl sites for hydroxylation is 1. The van der Waals surface area contributed by atoms with E-state index in [-0.39, 0.29) is 0 Å². The fourth-order valence-corrected chi connectivity index (χ4v) is 1.87. The maximum absolute atomic E-state index is 3.91. The van der Waals surface area contributed by atoms with Crippen LogP contribution >= 0.6 is 0 Å². The molecule has 0 heterocycles. The molecule has 0 aliphatic rings. The van der Waals surface area contributed by atoms with E-state index >= 15 is 0 Å². The van der Waals surface area contributed by atoms with E-state index in [0.717, 1.165) is 5.57 Å². The third-order valence-electron chi connectivity index (χ3n) is 2.80. The molecule has 0 spiro atoms. The zero-order chi connectivity index (χ0) is 12.1. The summed E-state index contributed by atoms with van der Waals surface area (Å²) < 4.78 is 0. The summed E-state index contributed by atoms with van der Waals surface area (Å²) in [6.45, 7) is 6.03. The largest absolute Gasteiger partial charge is 0.0984 e. The van der Waals surface area contributed by atoms with Crippen LogP contribution in [0.4, 0.5) is 0 Å². The number of hydrogen-bond donors (Lipinski definition) is 0. The van der Waals surface area contributed by atoms with Crippen molar-refractivity contribution in [3.8, 4) is 0 Å². The van der Waals surface area contributed by atoms with Gasteiger partial charge in [0, 0.05) is 0 Å². The van der Waals surface area contributed by atoms with Gasteiger partial charge in [-0.15, -0.1) is 0 Å². The zero-order valence-electron chi connectivity index (χ0n) is 10.1. The van der Waals surface area contributed by atoms with Crippen LogP contribution in [0.2, 0.25) is 0 Å². The topological polar surface area (TPSA) is 0 Å². The maximum atomic E-state index is 3.91. The Labute approximate surface area is 103 Å². The Kier molecular flexibility index (Phi) is 3.56. The van der Waals surface area contributed by atoms with Crippen molar-refractivity contribution in [1.82, 2.24) is 0 Å². The lowest BCUT2D eigenvalue weighted by Crippen LogP contribution is -1.85. The van der Waals surface area contributed by atoms with Gasteiger partial charge in [-0.3, -0.25) is 0 Å². The fourth-order valence-electron chi connectivity index (χ4n) is 1.87. The van der Waals surface area contributed by atoms with Gasteiger partial charge in [-0.25, -0.2) is 0 Å². The second kappa shape index (κ2) is 5.31. The van der Waals surface area contributed by atoms with Crippen molar-refractivity contribution < 1.29 is 0 Å². The predicted molar refractivity (Wildman–Crippen MR) is 75.7 cm³/mol. The second-order valence-corrected chi connectivity index (χ2v) is 4.03. The quantitative estimate of drug-likeness (QED) is 0.518. The van der Waals surface area contributed by atoms with Gasteiger partial charge in [0.1, 0.15) is 0 Å². The first-order valence-electron chi connectivity index (χ1n) is 5.76. The molecule has 2 rings (SSSR count). The molecule has 0 amide bonds. The van der Waals surface area contributed by atoms with Gasteiger partial charge >= 0.3 is 0 Å². The van der Waals surface area contributed by atoms with Gasteiger partial charge in [0.05, 0.1) is 0 Å². The normalized spacial score (nSPS) is 11.2. The van der Waals surface area contributed by atoms with Gasteiger partial charge in [-0.05, 0) is 35.3 Å². The predicted octanol–water partition coefficient (Wildman–Crippen LogP) is 4.72. The van der Waals surface area contributed by atoms with E-state index in [0.29, 0.717) is 0 Å². The van der Waals surface area contributed by atoms with Gasteiger partial charge in [-0.2, -0.15) is 0 Å². The van der Waals surface area contributed by atoms with E-state index in [4.69, 9.17) is 0 Å². The molecule has 0 nitrogen and oxygen atoms in total. The molecule has 17 heavy (non-hydrogen) atoms. The van der Waals surface area contributed by atoms with Crippen molar-refractivity contribution >= 4 is 11.6 Å². The van der Waals surface area contributed by atoms with Gasteiger partial charge in [-0.1, -0.05) is 67.3 Å². The molecular formula is C17H16. The summed E-state index contributed by atoms with van der Waals surface area (Å²) in [4.78, 5) is 0. The van der Waals surface area contributed by atoms with Gasteiger partial charge in [0.15, 0.2) is 0 Å². The highest BCUT2D eigenvalue weighted by molar-refractivity contribution is 5.88. The van der Waals surface area contributed by atoms with E-state index in [1.165, 1.54) is 16.7 Å². The maximum Gasteiger partial charge on any atom is -0.0155 e. The summed E-state index contributed by atoms with van der Waals surface area (Å²) >= 11 is 0. The highest BCUT2D eigenvalue weighted by Crippen LogP contribution is 2.22. The van der Waals surface area contributed by atoms with E-state index in [9.17, 15) is 0 Å². The highest BCUT2D eigenvalue weighted by atomic mass is 14.0. The second-order valence-electron chi connectivity index (χ2n) is 4.03. The average Bonchev–Trinajstić information content (AvgIpc) is 2.38. The molecule has 0 saturated carbocycles. The number of allylic oxidation sites excluding steroid dienone is 2. The monoisotopic (exact) mass is 220 g/mol. The van der Waals surface area contributed by atoms with Crippen molar-refractivity contribution in [3.63, 3.8) is 0 Å². The van der Waals surface area contributed by atoms with Gasteiger partial charge in [0.2, 0.25) is 0 Å². The summed E-state index contributed by atoms with van der Waals surface area (Å²) in [5.74, 6) is 0. The molecular weight excluding hydrogens is 204 g/mol. The average molecular weight is 220 g/mol. The fraction of sp³-hybridized carbons (Fsp3) is 0.0588. The van der Waals surface area contributed by atoms with Crippen LogP contribution in [0.15, 0.2) is 67.3 Å². The van der Waals surface area contributed by atoms with E-state index in [2.05, 4.69) is 56.0 Å². The van der Waals surface area contributed by atoms with Crippen LogP contribution in [0.25, 0.3) is 11.6 Å². The summed E-state index contributed by atoms with van der Waals surface area (Å²) in [6.07, 6.45) is 4.07. The van der Waals surface area contributed by atoms with Crippen LogP contribution in [0, 0.1) is 6.92 Å². The van der Waals surface area contributed by atoms with Crippen molar-refractivity contribution in [2.24, 2.45) is 0 Å². The van der Waals surface area contributed by atoms with Crippen molar-refractivity contribution in [2.75, 3.05) is 0 Å². The lowest BCUT2D eigenvalue weighted by atomic mass is 9.98. The molecule has 0 unspecified atom stereocenters. The van der Waals surface area contributed by atoms with Crippen molar-refractivity contribution in [3.05, 3.63) is 83.9 Å². The molecule has 0 heteroatoms. The van der Waals surface area contributed by atoms with E-state index in [1.54, 1.807) is 0 Å². The zero-order valence-corrected chi connectivity index (χ0v) is 10.1. The first kappa shape index (κ1) is 11.4. The standard InChI is InChI=1S/C17H16/c1-3-16(13-15-10-5-4-6-11-15)17-12-8-7-9-14(17)2/h3-13H,1H2,2H3/b16-13-. The summed E-state index contributed by atoms with van der Waals surface area (Å²) in [7, 11) is 0. The summed E-state index contributed by atoms with van der Waals surface area (Å²) in [6, 6.07) is 18.7. The molecule has 2 aromatic carbocycles. The molecule has 0 aliphatic carbocycles. The molecule has 0 radical (unpaired) electrons. The molecule has 0 atom stereocenters. The van der Waals surface area contributed by atoms with Gasteiger partial charge < -0.3 is 0 Å². The third kappa shape index (κ3) is 2.73. The third-order valence-corrected chi connectivity index (χ3v) is 2.80. The smallest absolute Gasteiger partial charge is 0.0155 e. The van der Waals surface area contributed by atoms with Crippen LogP contribution in [-0.4, -0.2) is 0 Å².